The van der Waals surface area contributed by atoms with E-state index in [0.29, 0.717) is 17.7 Å². The zero-order valence-electron chi connectivity index (χ0n) is 9.28. The number of halogens is 4. The van der Waals surface area contributed by atoms with Crippen LogP contribution in [0.1, 0.15) is 17.7 Å². The summed E-state index contributed by atoms with van der Waals surface area (Å²) in [6.45, 7) is -0.0243. The Balaban J connectivity index is 2.13. The molecule has 0 saturated heterocycles. The van der Waals surface area contributed by atoms with Gasteiger partial charge in [-0.1, -0.05) is 6.07 Å². The van der Waals surface area contributed by atoms with Gasteiger partial charge >= 0.3 is 12.3 Å². The summed E-state index contributed by atoms with van der Waals surface area (Å²) in [6, 6.07) is 3.08. The lowest BCUT2D eigenvalue weighted by molar-refractivity contribution is -0.181. The minimum atomic E-state index is -4.60. The van der Waals surface area contributed by atoms with Crippen LogP contribution in [0.25, 0.3) is 0 Å². The van der Waals surface area contributed by atoms with Crippen LogP contribution < -0.4 is 0 Å². The van der Waals surface area contributed by atoms with Gasteiger partial charge in [-0.2, -0.15) is 8.78 Å². The van der Waals surface area contributed by atoms with Gasteiger partial charge in [0.05, 0.1) is 6.54 Å². The topological polar surface area (TPSA) is 20.3 Å². The van der Waals surface area contributed by atoms with E-state index in [1.807, 2.05) is 0 Å². The van der Waals surface area contributed by atoms with Gasteiger partial charge in [-0.15, -0.1) is 11.3 Å². The molecule has 0 radical (unpaired) electrons. The third-order valence-electron chi connectivity index (χ3n) is 2.71. The average molecular weight is 281 g/mol. The molecule has 1 fully saturated rings. The highest BCUT2D eigenvalue weighted by Crippen LogP contribution is 2.34. The van der Waals surface area contributed by atoms with E-state index in [1.54, 1.807) is 17.5 Å². The van der Waals surface area contributed by atoms with Gasteiger partial charge in [0, 0.05) is 10.9 Å². The fourth-order valence-corrected chi connectivity index (χ4v) is 2.31. The molecule has 18 heavy (non-hydrogen) atoms. The summed E-state index contributed by atoms with van der Waals surface area (Å²) in [7, 11) is 0. The van der Waals surface area contributed by atoms with Gasteiger partial charge in [0.15, 0.2) is 0 Å². The number of alkyl halides is 4. The van der Waals surface area contributed by atoms with Crippen molar-refractivity contribution in [3.05, 3.63) is 22.4 Å². The first kappa shape index (κ1) is 13.3. The Bertz CT molecular complexity index is 417. The third-order valence-corrected chi connectivity index (χ3v) is 3.58. The van der Waals surface area contributed by atoms with Crippen LogP contribution in [0.15, 0.2) is 17.5 Å². The van der Waals surface area contributed by atoms with Crippen molar-refractivity contribution in [2.75, 3.05) is 0 Å². The van der Waals surface area contributed by atoms with Gasteiger partial charge in [-0.05, 0) is 24.3 Å². The van der Waals surface area contributed by atoms with Crippen LogP contribution >= 0.6 is 11.3 Å². The van der Waals surface area contributed by atoms with Gasteiger partial charge in [-0.3, -0.25) is 4.79 Å². The molecule has 2 rings (SSSR count). The van der Waals surface area contributed by atoms with E-state index in [2.05, 4.69) is 0 Å². The zero-order chi connectivity index (χ0) is 13.3. The van der Waals surface area contributed by atoms with Crippen molar-refractivity contribution in [2.45, 2.75) is 37.8 Å². The molecule has 1 amide bonds. The van der Waals surface area contributed by atoms with E-state index in [0.717, 1.165) is 4.90 Å². The Morgan fingerprint density at radius 2 is 2.17 bits per heavy atom. The molecule has 2 nitrogen and oxygen atoms in total. The maximum atomic E-state index is 13.1. The number of carbonyl (C=O) groups excluding carboxylic acids is 1. The molecule has 0 N–H and O–H groups in total. The summed E-state index contributed by atoms with van der Waals surface area (Å²) in [5.74, 6) is -6.37. The van der Waals surface area contributed by atoms with Gasteiger partial charge in [0.25, 0.3) is 5.91 Å². The van der Waals surface area contributed by atoms with Crippen LogP contribution in [-0.4, -0.2) is 29.2 Å². The molecule has 1 saturated carbocycles. The summed E-state index contributed by atoms with van der Waals surface area (Å²) in [6.07, 6.45) is -2.78. The molecular formula is C11H11F4NOS. The summed E-state index contributed by atoms with van der Waals surface area (Å²) in [5, 5.41) is 1.75. The molecule has 1 aliphatic carbocycles. The number of thiophene rings is 1. The van der Waals surface area contributed by atoms with E-state index in [4.69, 9.17) is 0 Å². The predicted molar refractivity (Wildman–Crippen MR) is 58.8 cm³/mol. The zero-order valence-corrected chi connectivity index (χ0v) is 10.1. The summed E-state index contributed by atoms with van der Waals surface area (Å²) in [4.78, 5) is 13.1. The molecule has 1 aliphatic rings. The lowest BCUT2D eigenvalue weighted by Crippen LogP contribution is -2.48. The average Bonchev–Trinajstić information content (AvgIpc) is 3.02. The number of nitrogens with zero attached hydrogens (tertiary/aromatic N) is 1. The van der Waals surface area contributed by atoms with E-state index in [1.165, 1.54) is 11.3 Å². The first-order chi connectivity index (χ1) is 8.43. The van der Waals surface area contributed by atoms with Crippen LogP contribution in [0.3, 0.4) is 0 Å². The number of amides is 1. The second kappa shape index (κ2) is 4.87. The van der Waals surface area contributed by atoms with Crippen molar-refractivity contribution in [2.24, 2.45) is 0 Å². The Morgan fingerprint density at radius 1 is 1.50 bits per heavy atom. The van der Waals surface area contributed by atoms with E-state index in [-0.39, 0.29) is 12.6 Å². The summed E-state index contributed by atoms with van der Waals surface area (Å²) >= 11 is 1.31. The molecule has 1 aromatic rings. The predicted octanol–water partition coefficient (Wildman–Crippen LogP) is 3.14. The summed E-state index contributed by atoms with van der Waals surface area (Å²) < 4.78 is 50.5. The Hall–Kier alpha value is -1.11. The Morgan fingerprint density at radius 3 is 2.61 bits per heavy atom. The van der Waals surface area contributed by atoms with Crippen molar-refractivity contribution in [1.29, 1.82) is 0 Å². The lowest BCUT2D eigenvalue weighted by atomic mass is 10.2. The van der Waals surface area contributed by atoms with Crippen molar-refractivity contribution in [1.82, 2.24) is 4.90 Å². The third kappa shape index (κ3) is 2.66. The second-order valence-electron chi connectivity index (χ2n) is 4.17. The molecule has 7 heteroatoms. The SMILES string of the molecule is O=C(N(Cc1cccs1)C1CC1)C(F)(F)C(F)F. The number of hydrogen-bond donors (Lipinski definition) is 0. The van der Waals surface area contributed by atoms with Crippen LogP contribution in [0.5, 0.6) is 0 Å². The van der Waals surface area contributed by atoms with Crippen molar-refractivity contribution in [3.8, 4) is 0 Å². The first-order valence-corrected chi connectivity index (χ1v) is 6.30. The van der Waals surface area contributed by atoms with E-state index >= 15 is 0 Å². The van der Waals surface area contributed by atoms with E-state index < -0.39 is 18.3 Å². The normalized spacial score (nSPS) is 16.1. The molecule has 1 aromatic heterocycles. The highest BCUT2D eigenvalue weighted by molar-refractivity contribution is 7.09. The molecular weight excluding hydrogens is 270 g/mol. The van der Waals surface area contributed by atoms with Crippen molar-refractivity contribution < 1.29 is 22.4 Å². The summed E-state index contributed by atoms with van der Waals surface area (Å²) in [5.41, 5.74) is 0. The molecule has 100 valence electrons. The number of rotatable bonds is 5. The first-order valence-electron chi connectivity index (χ1n) is 5.42. The minimum absolute atomic E-state index is 0.0243. The monoisotopic (exact) mass is 281 g/mol. The molecule has 0 bridgehead atoms. The van der Waals surface area contributed by atoms with Crippen molar-refractivity contribution >= 4 is 17.2 Å². The van der Waals surface area contributed by atoms with Crippen LogP contribution in [0.2, 0.25) is 0 Å². The second-order valence-corrected chi connectivity index (χ2v) is 5.20. The molecule has 0 spiro atoms. The van der Waals surface area contributed by atoms with Gasteiger partial charge in [0.2, 0.25) is 0 Å². The van der Waals surface area contributed by atoms with Crippen molar-refractivity contribution in [3.63, 3.8) is 0 Å². The quantitative estimate of drug-likeness (QED) is 0.759. The number of hydrogen-bond acceptors (Lipinski definition) is 2. The van der Waals surface area contributed by atoms with Gasteiger partial charge in [-0.25, -0.2) is 8.78 Å². The van der Waals surface area contributed by atoms with Crippen LogP contribution in [-0.2, 0) is 11.3 Å². The van der Waals surface area contributed by atoms with Gasteiger partial charge in [0.1, 0.15) is 0 Å². The molecule has 0 atom stereocenters. The van der Waals surface area contributed by atoms with Gasteiger partial charge < -0.3 is 4.90 Å². The van der Waals surface area contributed by atoms with E-state index in [9.17, 15) is 22.4 Å². The highest BCUT2D eigenvalue weighted by atomic mass is 32.1. The molecule has 0 aliphatic heterocycles. The number of carbonyl (C=O) groups is 1. The largest absolute Gasteiger partial charge is 0.383 e. The van der Waals surface area contributed by atoms with Crippen LogP contribution in [0.4, 0.5) is 17.6 Å². The molecule has 1 heterocycles. The Labute approximate surface area is 105 Å². The molecule has 0 unspecified atom stereocenters. The standard InChI is InChI=1S/C11H11F4NOS/c12-9(13)11(14,15)10(17)16(7-3-4-7)6-8-2-1-5-18-8/h1-2,5,7,9H,3-4,6H2. The smallest absolute Gasteiger partial charge is 0.329 e. The minimum Gasteiger partial charge on any atom is -0.329 e. The molecule has 0 aromatic carbocycles. The fraction of sp³-hybridized carbons (Fsp3) is 0.545. The maximum Gasteiger partial charge on any atom is 0.383 e. The maximum absolute atomic E-state index is 13.1. The van der Waals surface area contributed by atoms with Crippen LogP contribution in [0, 0.1) is 0 Å². The lowest BCUT2D eigenvalue weighted by Gasteiger charge is -2.26. The Kier molecular flexibility index (Phi) is 3.61. The highest BCUT2D eigenvalue weighted by Gasteiger charge is 2.53. The fourth-order valence-electron chi connectivity index (χ4n) is 1.61.